The normalized spacial score (nSPS) is 10.9. The number of nitrogens with one attached hydrogen (secondary N) is 1. The fraction of sp³-hybridized carbons (Fsp3) is 0.318. The molecule has 2 aromatic carbocycles. The van der Waals surface area contributed by atoms with Gasteiger partial charge in [-0.2, -0.15) is 18.4 Å². The van der Waals surface area contributed by atoms with E-state index < -0.39 is 17.6 Å². The Morgan fingerprint density at radius 2 is 1.67 bits per heavy atom. The molecule has 0 aromatic heterocycles. The minimum atomic E-state index is -4.45. The molecule has 1 N–H and O–H groups in total. The molecule has 8 heteroatoms. The standard InChI is InChI=1S/C22H22F3N3O2/c23-22(24,25)19-10-5-4-7-17(19)13-15-27-20(29)11-12-21(30)28(16-6-14-26)18-8-2-1-3-9-18/h1-5,7-10H,6,11-13,15-16H2,(H,27,29). The van der Waals surface area contributed by atoms with Crippen LogP contribution < -0.4 is 10.2 Å². The van der Waals surface area contributed by atoms with Gasteiger partial charge in [0.1, 0.15) is 0 Å². The summed E-state index contributed by atoms with van der Waals surface area (Å²) in [5, 5.41) is 11.4. The number of halogens is 3. The Kier molecular flexibility index (Phi) is 8.41. The number of nitriles is 1. The van der Waals surface area contributed by atoms with Gasteiger partial charge in [0.05, 0.1) is 18.1 Å². The van der Waals surface area contributed by atoms with Crippen LogP contribution in [0.4, 0.5) is 18.9 Å². The molecule has 0 aliphatic carbocycles. The van der Waals surface area contributed by atoms with E-state index in [1.54, 1.807) is 30.3 Å². The summed E-state index contributed by atoms with van der Waals surface area (Å²) in [7, 11) is 0. The highest BCUT2D eigenvalue weighted by Crippen LogP contribution is 2.31. The van der Waals surface area contributed by atoms with Crippen LogP contribution in [0.5, 0.6) is 0 Å². The maximum atomic E-state index is 13.0. The average molecular weight is 417 g/mol. The van der Waals surface area contributed by atoms with Crippen molar-refractivity contribution in [3.8, 4) is 6.07 Å². The van der Waals surface area contributed by atoms with Gasteiger partial charge in [-0.05, 0) is 30.2 Å². The zero-order valence-corrected chi connectivity index (χ0v) is 16.3. The molecule has 0 aliphatic rings. The number of hydrogen-bond donors (Lipinski definition) is 1. The molecule has 0 saturated carbocycles. The smallest absolute Gasteiger partial charge is 0.356 e. The van der Waals surface area contributed by atoms with Crippen LogP contribution in [0.2, 0.25) is 0 Å². The Balaban J connectivity index is 1.85. The van der Waals surface area contributed by atoms with Crippen LogP contribution >= 0.6 is 0 Å². The molecule has 2 amide bonds. The monoisotopic (exact) mass is 417 g/mol. The summed E-state index contributed by atoms with van der Waals surface area (Å²) in [6.45, 7) is 0.256. The molecule has 0 fully saturated rings. The molecule has 2 aromatic rings. The van der Waals surface area contributed by atoms with Gasteiger partial charge in [-0.25, -0.2) is 0 Å². The molecule has 0 radical (unpaired) electrons. The van der Waals surface area contributed by atoms with E-state index in [1.807, 2.05) is 6.07 Å². The maximum Gasteiger partial charge on any atom is 0.416 e. The van der Waals surface area contributed by atoms with Gasteiger partial charge in [-0.1, -0.05) is 36.4 Å². The number of benzene rings is 2. The van der Waals surface area contributed by atoms with Crippen molar-refractivity contribution in [3.63, 3.8) is 0 Å². The summed E-state index contributed by atoms with van der Waals surface area (Å²) >= 11 is 0. The lowest BCUT2D eigenvalue weighted by atomic mass is 10.0. The zero-order chi connectivity index (χ0) is 22.0. The van der Waals surface area contributed by atoms with Gasteiger partial charge >= 0.3 is 6.18 Å². The summed E-state index contributed by atoms with van der Waals surface area (Å²) in [5.74, 6) is -0.713. The van der Waals surface area contributed by atoms with Crippen molar-refractivity contribution < 1.29 is 22.8 Å². The molecule has 0 spiro atoms. The Hall–Kier alpha value is -3.34. The number of carbonyl (C=O) groups excluding carboxylic acids is 2. The Morgan fingerprint density at radius 1 is 1.00 bits per heavy atom. The van der Waals surface area contributed by atoms with Gasteiger partial charge in [-0.3, -0.25) is 9.59 Å². The maximum absolute atomic E-state index is 13.0. The van der Waals surface area contributed by atoms with Crippen molar-refractivity contribution in [3.05, 3.63) is 65.7 Å². The van der Waals surface area contributed by atoms with E-state index >= 15 is 0 Å². The van der Waals surface area contributed by atoms with Gasteiger partial charge < -0.3 is 10.2 Å². The summed E-state index contributed by atoms with van der Waals surface area (Å²) in [4.78, 5) is 26.0. The molecule has 0 unspecified atom stereocenters. The number of alkyl halides is 3. The summed E-state index contributed by atoms with van der Waals surface area (Å²) in [5.41, 5.74) is 0.0282. The Morgan fingerprint density at radius 3 is 2.33 bits per heavy atom. The van der Waals surface area contributed by atoms with Crippen LogP contribution in [0.15, 0.2) is 54.6 Å². The minimum absolute atomic E-state index is 0.0354. The van der Waals surface area contributed by atoms with E-state index in [-0.39, 0.29) is 50.2 Å². The predicted molar refractivity (Wildman–Crippen MR) is 106 cm³/mol. The van der Waals surface area contributed by atoms with E-state index in [4.69, 9.17) is 5.26 Å². The van der Waals surface area contributed by atoms with Gasteiger partial charge in [0.2, 0.25) is 11.8 Å². The number of anilines is 1. The molecule has 30 heavy (non-hydrogen) atoms. The van der Waals surface area contributed by atoms with Gasteiger partial charge in [0.15, 0.2) is 0 Å². The Labute approximate surface area is 173 Å². The third-order valence-electron chi connectivity index (χ3n) is 4.42. The highest BCUT2D eigenvalue weighted by atomic mass is 19.4. The first-order valence-corrected chi connectivity index (χ1v) is 9.47. The van der Waals surface area contributed by atoms with Crippen molar-refractivity contribution in [2.24, 2.45) is 0 Å². The van der Waals surface area contributed by atoms with E-state index in [0.29, 0.717) is 5.69 Å². The number of amides is 2. The van der Waals surface area contributed by atoms with Crippen LogP contribution in [0.3, 0.4) is 0 Å². The first kappa shape index (κ1) is 22.9. The molecular weight excluding hydrogens is 395 g/mol. The second kappa shape index (κ2) is 11.0. The van der Waals surface area contributed by atoms with Crippen LogP contribution in [-0.4, -0.2) is 24.9 Å². The average Bonchev–Trinajstić information content (AvgIpc) is 2.73. The summed E-state index contributed by atoms with van der Waals surface area (Å²) in [6, 6.07) is 16.1. The van der Waals surface area contributed by atoms with Gasteiger partial charge in [0.25, 0.3) is 0 Å². The van der Waals surface area contributed by atoms with E-state index in [1.165, 1.54) is 23.1 Å². The number of rotatable bonds is 9. The summed E-state index contributed by atoms with van der Waals surface area (Å²) in [6.07, 6.45) is -4.41. The lowest BCUT2D eigenvalue weighted by Gasteiger charge is -2.21. The van der Waals surface area contributed by atoms with Crippen molar-refractivity contribution in [2.45, 2.75) is 31.9 Å². The fourth-order valence-electron chi connectivity index (χ4n) is 2.96. The third-order valence-corrected chi connectivity index (χ3v) is 4.42. The highest BCUT2D eigenvalue weighted by Gasteiger charge is 2.32. The number of hydrogen-bond acceptors (Lipinski definition) is 3. The quantitative estimate of drug-likeness (QED) is 0.668. The van der Waals surface area contributed by atoms with Crippen LogP contribution in [0.25, 0.3) is 0 Å². The van der Waals surface area contributed by atoms with Crippen LogP contribution in [0.1, 0.15) is 30.4 Å². The zero-order valence-electron chi connectivity index (χ0n) is 16.3. The molecule has 0 saturated heterocycles. The van der Waals surface area contributed by atoms with Crippen molar-refractivity contribution in [1.29, 1.82) is 5.26 Å². The van der Waals surface area contributed by atoms with E-state index in [2.05, 4.69) is 5.32 Å². The van der Waals surface area contributed by atoms with Crippen LogP contribution in [-0.2, 0) is 22.2 Å². The van der Waals surface area contributed by atoms with E-state index in [0.717, 1.165) is 6.07 Å². The topological polar surface area (TPSA) is 73.2 Å². The Bertz CT molecular complexity index is 892. The number of nitrogens with zero attached hydrogens (tertiary/aromatic N) is 2. The number of carbonyl (C=O) groups is 2. The van der Waals surface area contributed by atoms with Crippen molar-refractivity contribution in [2.75, 3.05) is 18.0 Å². The second-order valence-electron chi connectivity index (χ2n) is 6.54. The molecule has 0 atom stereocenters. The lowest BCUT2D eigenvalue weighted by molar-refractivity contribution is -0.138. The number of para-hydroxylation sites is 1. The van der Waals surface area contributed by atoms with Crippen molar-refractivity contribution >= 4 is 17.5 Å². The second-order valence-corrected chi connectivity index (χ2v) is 6.54. The first-order chi connectivity index (χ1) is 14.3. The van der Waals surface area contributed by atoms with Gasteiger partial charge in [0, 0.05) is 31.6 Å². The largest absolute Gasteiger partial charge is 0.416 e. The minimum Gasteiger partial charge on any atom is -0.356 e. The highest BCUT2D eigenvalue weighted by molar-refractivity contribution is 5.95. The SMILES string of the molecule is N#CCCN(C(=O)CCC(=O)NCCc1ccccc1C(F)(F)F)c1ccccc1. The molecule has 0 heterocycles. The van der Waals surface area contributed by atoms with Crippen LogP contribution in [0, 0.1) is 11.3 Å². The molecule has 2 rings (SSSR count). The third kappa shape index (κ3) is 6.92. The predicted octanol–water partition coefficient (Wildman–Crippen LogP) is 4.09. The molecule has 0 aliphatic heterocycles. The first-order valence-electron chi connectivity index (χ1n) is 9.47. The molecule has 5 nitrogen and oxygen atoms in total. The fourth-order valence-corrected chi connectivity index (χ4v) is 2.96. The van der Waals surface area contributed by atoms with E-state index in [9.17, 15) is 22.8 Å². The molecule has 0 bridgehead atoms. The molecular formula is C22H22F3N3O2. The van der Waals surface area contributed by atoms with Crippen molar-refractivity contribution in [1.82, 2.24) is 5.32 Å². The van der Waals surface area contributed by atoms with Gasteiger partial charge in [-0.15, -0.1) is 0 Å². The molecule has 158 valence electrons. The lowest BCUT2D eigenvalue weighted by Crippen LogP contribution is -2.33. The summed E-state index contributed by atoms with van der Waals surface area (Å²) < 4.78 is 39.0.